The Morgan fingerprint density at radius 1 is 1.12 bits per heavy atom. The number of allylic oxidation sites excluding steroid dienone is 1. The Kier molecular flexibility index (Phi) is 6.50. The van der Waals surface area contributed by atoms with Gasteiger partial charge in [0.2, 0.25) is 11.7 Å². The average Bonchev–Trinajstić information content (AvgIpc) is 3.45. The van der Waals surface area contributed by atoms with Gasteiger partial charge in [-0.2, -0.15) is 18.2 Å². The molecule has 0 saturated carbocycles. The van der Waals surface area contributed by atoms with Gasteiger partial charge in [0.25, 0.3) is 0 Å². The monoisotopic (exact) mass is 473 g/mol. The highest BCUT2D eigenvalue weighted by atomic mass is 32.2. The van der Waals surface area contributed by atoms with Crippen LogP contribution in [0.2, 0.25) is 0 Å². The van der Waals surface area contributed by atoms with Crippen molar-refractivity contribution in [3.05, 3.63) is 72.6 Å². The van der Waals surface area contributed by atoms with Crippen molar-refractivity contribution in [1.82, 2.24) is 24.9 Å². The molecule has 2 heterocycles. The van der Waals surface area contributed by atoms with Crippen LogP contribution in [0.15, 0.2) is 70.9 Å². The summed E-state index contributed by atoms with van der Waals surface area (Å²) in [5.41, 5.74) is 0.312. The number of nitrogens with zero attached hydrogens (tertiary/aromatic N) is 5. The molecule has 2 aromatic heterocycles. The summed E-state index contributed by atoms with van der Waals surface area (Å²) in [5.74, 6) is 2.00. The third kappa shape index (κ3) is 5.08. The van der Waals surface area contributed by atoms with E-state index in [1.807, 2.05) is 28.8 Å². The number of ether oxygens (including phenoxy) is 1. The van der Waals surface area contributed by atoms with Gasteiger partial charge < -0.3 is 9.26 Å². The first-order chi connectivity index (χ1) is 15.9. The minimum absolute atomic E-state index is 0.0863. The topological polar surface area (TPSA) is 78.9 Å². The number of methoxy groups -OCH3 is 1. The van der Waals surface area contributed by atoms with E-state index in [2.05, 4.69) is 26.9 Å². The van der Waals surface area contributed by atoms with Crippen LogP contribution in [0.25, 0.3) is 22.8 Å². The molecule has 2 aromatic carbocycles. The molecule has 0 amide bonds. The van der Waals surface area contributed by atoms with Gasteiger partial charge in [-0.1, -0.05) is 35.1 Å². The first kappa shape index (κ1) is 22.6. The molecule has 0 saturated heterocycles. The summed E-state index contributed by atoms with van der Waals surface area (Å²) < 4.78 is 51.2. The van der Waals surface area contributed by atoms with E-state index in [9.17, 15) is 13.2 Å². The van der Waals surface area contributed by atoms with Crippen molar-refractivity contribution in [3.63, 3.8) is 0 Å². The predicted octanol–water partition coefficient (Wildman–Crippen LogP) is 5.50. The minimum Gasteiger partial charge on any atom is -0.497 e. The van der Waals surface area contributed by atoms with E-state index in [-0.39, 0.29) is 23.0 Å². The number of hydrogen-bond acceptors (Lipinski definition) is 7. The standard InChI is InChI=1S/C22H18F3N5O2S/c1-3-11-30-20(14-7-9-17(31-2)10-8-14)27-28-21(30)33-13-18-26-19(29-32-18)15-5-4-6-16(12-15)22(23,24)25/h3-10,12H,1,11,13H2,2H3. The lowest BCUT2D eigenvalue weighted by atomic mass is 10.1. The molecule has 33 heavy (non-hydrogen) atoms. The fraction of sp³-hybridized carbons (Fsp3) is 0.182. The van der Waals surface area contributed by atoms with Crippen LogP contribution in [-0.4, -0.2) is 32.0 Å². The van der Waals surface area contributed by atoms with E-state index in [0.717, 1.165) is 23.4 Å². The van der Waals surface area contributed by atoms with Gasteiger partial charge in [0, 0.05) is 17.7 Å². The number of rotatable bonds is 8. The van der Waals surface area contributed by atoms with E-state index in [1.54, 1.807) is 13.2 Å². The summed E-state index contributed by atoms with van der Waals surface area (Å²) in [6, 6.07) is 12.2. The number of aromatic nitrogens is 5. The van der Waals surface area contributed by atoms with Gasteiger partial charge in [0.05, 0.1) is 18.4 Å². The first-order valence-corrected chi connectivity index (χ1v) is 10.7. The van der Waals surface area contributed by atoms with Gasteiger partial charge in [-0.15, -0.1) is 16.8 Å². The molecule has 0 N–H and O–H groups in total. The van der Waals surface area contributed by atoms with Crippen LogP contribution in [0.1, 0.15) is 11.5 Å². The van der Waals surface area contributed by atoms with Gasteiger partial charge in [0.15, 0.2) is 11.0 Å². The SMILES string of the molecule is C=CCn1c(SCc2nc(-c3cccc(C(F)(F)F)c3)no2)nnc1-c1ccc(OC)cc1. The van der Waals surface area contributed by atoms with Gasteiger partial charge in [-0.05, 0) is 36.4 Å². The molecule has 0 aliphatic rings. The highest BCUT2D eigenvalue weighted by molar-refractivity contribution is 7.98. The fourth-order valence-corrected chi connectivity index (χ4v) is 3.82. The van der Waals surface area contributed by atoms with Crippen LogP contribution in [0.3, 0.4) is 0 Å². The van der Waals surface area contributed by atoms with Crippen molar-refractivity contribution in [2.45, 2.75) is 23.6 Å². The molecule has 11 heteroatoms. The lowest BCUT2D eigenvalue weighted by molar-refractivity contribution is -0.137. The molecule has 170 valence electrons. The largest absolute Gasteiger partial charge is 0.497 e. The smallest absolute Gasteiger partial charge is 0.416 e. The van der Waals surface area contributed by atoms with Gasteiger partial charge in [-0.25, -0.2) is 0 Å². The van der Waals surface area contributed by atoms with E-state index in [1.165, 1.54) is 23.9 Å². The number of benzene rings is 2. The zero-order valence-electron chi connectivity index (χ0n) is 17.4. The second kappa shape index (κ2) is 9.49. The van der Waals surface area contributed by atoms with E-state index in [4.69, 9.17) is 9.26 Å². The number of thioether (sulfide) groups is 1. The molecule has 4 rings (SSSR count). The third-order valence-electron chi connectivity index (χ3n) is 4.62. The predicted molar refractivity (Wildman–Crippen MR) is 117 cm³/mol. The van der Waals surface area contributed by atoms with Gasteiger partial charge >= 0.3 is 6.18 Å². The Balaban J connectivity index is 1.51. The summed E-state index contributed by atoms with van der Waals surface area (Å²) in [7, 11) is 1.60. The van der Waals surface area contributed by atoms with Crippen molar-refractivity contribution in [3.8, 4) is 28.5 Å². The second-order valence-electron chi connectivity index (χ2n) is 6.81. The van der Waals surface area contributed by atoms with E-state index >= 15 is 0 Å². The molecule has 0 fully saturated rings. The maximum atomic E-state index is 13.0. The van der Waals surface area contributed by atoms with Crippen molar-refractivity contribution in [1.29, 1.82) is 0 Å². The quantitative estimate of drug-likeness (QED) is 0.247. The number of alkyl halides is 3. The molecule has 7 nitrogen and oxygen atoms in total. The van der Waals surface area contributed by atoms with Crippen LogP contribution >= 0.6 is 11.8 Å². The summed E-state index contributed by atoms with van der Waals surface area (Å²) in [6.45, 7) is 4.27. The maximum absolute atomic E-state index is 13.0. The zero-order valence-corrected chi connectivity index (χ0v) is 18.2. The lowest BCUT2D eigenvalue weighted by Gasteiger charge is -2.07. The van der Waals surface area contributed by atoms with Crippen molar-refractivity contribution in [2.75, 3.05) is 7.11 Å². The summed E-state index contributed by atoms with van der Waals surface area (Å²) in [6.07, 6.45) is -2.71. The Labute approximate surface area is 191 Å². The Bertz CT molecular complexity index is 1250. The molecular formula is C22H18F3N5O2S. The van der Waals surface area contributed by atoms with Crippen LogP contribution in [0.4, 0.5) is 13.2 Å². The van der Waals surface area contributed by atoms with E-state index < -0.39 is 11.7 Å². The first-order valence-electron chi connectivity index (χ1n) is 9.70. The molecule has 0 atom stereocenters. The molecule has 0 aliphatic heterocycles. The van der Waals surface area contributed by atoms with Crippen molar-refractivity contribution in [2.24, 2.45) is 0 Å². The van der Waals surface area contributed by atoms with Crippen molar-refractivity contribution >= 4 is 11.8 Å². The molecule has 0 bridgehead atoms. The summed E-state index contributed by atoms with van der Waals surface area (Å²) in [5, 5.41) is 13.0. The fourth-order valence-electron chi connectivity index (χ4n) is 3.03. The molecule has 0 radical (unpaired) electrons. The summed E-state index contributed by atoms with van der Waals surface area (Å²) >= 11 is 1.32. The van der Waals surface area contributed by atoms with Crippen LogP contribution < -0.4 is 4.74 Å². The molecule has 4 aromatic rings. The van der Waals surface area contributed by atoms with Crippen molar-refractivity contribution < 1.29 is 22.4 Å². The molecule has 0 spiro atoms. The third-order valence-corrected chi connectivity index (χ3v) is 5.57. The van der Waals surface area contributed by atoms with Crippen LogP contribution in [-0.2, 0) is 18.5 Å². The molecule has 0 unspecified atom stereocenters. The Morgan fingerprint density at radius 2 is 1.91 bits per heavy atom. The second-order valence-corrected chi connectivity index (χ2v) is 7.76. The normalized spacial score (nSPS) is 11.5. The van der Waals surface area contributed by atoms with Crippen LogP contribution in [0.5, 0.6) is 5.75 Å². The van der Waals surface area contributed by atoms with E-state index in [0.29, 0.717) is 17.5 Å². The molecular weight excluding hydrogens is 455 g/mol. The maximum Gasteiger partial charge on any atom is 0.416 e. The zero-order chi connectivity index (χ0) is 23.4. The lowest BCUT2D eigenvalue weighted by Crippen LogP contribution is -2.04. The molecule has 0 aliphatic carbocycles. The average molecular weight is 473 g/mol. The Morgan fingerprint density at radius 3 is 2.61 bits per heavy atom. The number of halogens is 3. The number of hydrogen-bond donors (Lipinski definition) is 0. The van der Waals surface area contributed by atoms with Gasteiger partial charge in [0.1, 0.15) is 5.75 Å². The highest BCUT2D eigenvalue weighted by Crippen LogP contribution is 2.32. The minimum atomic E-state index is -4.45. The Hall–Kier alpha value is -3.60. The van der Waals surface area contributed by atoms with Gasteiger partial charge in [-0.3, -0.25) is 4.57 Å². The van der Waals surface area contributed by atoms with Crippen LogP contribution in [0, 0.1) is 0 Å². The highest BCUT2D eigenvalue weighted by Gasteiger charge is 2.30. The summed E-state index contributed by atoms with van der Waals surface area (Å²) in [4.78, 5) is 4.22.